The summed E-state index contributed by atoms with van der Waals surface area (Å²) in [5.41, 5.74) is 1.56. The molecule has 1 N–H and O–H groups in total. The highest BCUT2D eigenvalue weighted by molar-refractivity contribution is 7.99. The largest absolute Gasteiger partial charge is 0.497 e. The molecular weight excluding hydrogens is 362 g/mol. The number of thioether (sulfide) groups is 1. The molecular formula is C20H25N3O3S. The predicted octanol–water partition coefficient (Wildman–Crippen LogP) is 3.70. The van der Waals surface area contributed by atoms with Gasteiger partial charge in [-0.2, -0.15) is 0 Å². The molecule has 2 aromatic rings. The number of aromatic nitrogens is 2. The van der Waals surface area contributed by atoms with Crippen molar-refractivity contribution in [3.63, 3.8) is 0 Å². The Bertz CT molecular complexity index is 762. The predicted molar refractivity (Wildman–Crippen MR) is 106 cm³/mol. The molecule has 0 spiro atoms. The zero-order valence-electron chi connectivity index (χ0n) is 15.7. The minimum absolute atomic E-state index is 0.0644. The summed E-state index contributed by atoms with van der Waals surface area (Å²) in [6.07, 6.45) is 5.88. The zero-order chi connectivity index (χ0) is 19.1. The van der Waals surface area contributed by atoms with Gasteiger partial charge in [-0.25, -0.2) is 0 Å². The van der Waals surface area contributed by atoms with Gasteiger partial charge in [-0.15, -0.1) is 10.2 Å². The maximum absolute atomic E-state index is 12.1. The first kappa shape index (κ1) is 19.5. The van der Waals surface area contributed by atoms with Gasteiger partial charge in [0.1, 0.15) is 16.5 Å². The van der Waals surface area contributed by atoms with Crippen LogP contribution in [0.25, 0.3) is 11.3 Å². The van der Waals surface area contributed by atoms with Crippen LogP contribution < -0.4 is 14.8 Å². The summed E-state index contributed by atoms with van der Waals surface area (Å²) < 4.78 is 10.6. The number of ether oxygens (including phenoxy) is 2. The summed E-state index contributed by atoms with van der Waals surface area (Å²) in [6, 6.07) is 9.67. The molecule has 0 bridgehead atoms. The highest BCUT2D eigenvalue weighted by Gasteiger charge is 2.16. The lowest BCUT2D eigenvalue weighted by Gasteiger charge is -2.22. The summed E-state index contributed by atoms with van der Waals surface area (Å²) in [7, 11) is 3.23. The Balaban J connectivity index is 1.58. The summed E-state index contributed by atoms with van der Waals surface area (Å²) in [4.78, 5) is 12.1. The van der Waals surface area contributed by atoms with Crippen molar-refractivity contribution in [1.82, 2.24) is 15.5 Å². The first-order valence-electron chi connectivity index (χ1n) is 9.18. The molecule has 0 atom stereocenters. The molecule has 1 saturated carbocycles. The van der Waals surface area contributed by atoms with Crippen molar-refractivity contribution in [1.29, 1.82) is 0 Å². The lowest BCUT2D eigenvalue weighted by molar-refractivity contribution is -0.119. The first-order valence-corrected chi connectivity index (χ1v) is 10.2. The zero-order valence-corrected chi connectivity index (χ0v) is 16.6. The number of amides is 1. The van der Waals surface area contributed by atoms with Crippen LogP contribution in [-0.4, -0.2) is 42.1 Å². The molecule has 27 heavy (non-hydrogen) atoms. The number of hydrogen-bond donors (Lipinski definition) is 1. The monoisotopic (exact) mass is 387 g/mol. The molecule has 144 valence electrons. The van der Waals surface area contributed by atoms with E-state index in [2.05, 4.69) is 15.5 Å². The van der Waals surface area contributed by atoms with E-state index < -0.39 is 0 Å². The van der Waals surface area contributed by atoms with Crippen LogP contribution in [-0.2, 0) is 4.79 Å². The maximum Gasteiger partial charge on any atom is 0.230 e. The molecule has 1 fully saturated rings. The number of rotatable bonds is 7. The lowest BCUT2D eigenvalue weighted by Crippen LogP contribution is -2.37. The summed E-state index contributed by atoms with van der Waals surface area (Å²) in [5.74, 6) is 1.82. The molecule has 0 unspecified atom stereocenters. The second-order valence-electron chi connectivity index (χ2n) is 6.51. The van der Waals surface area contributed by atoms with Crippen molar-refractivity contribution in [3.05, 3.63) is 30.3 Å². The number of nitrogens with zero attached hydrogens (tertiary/aromatic N) is 2. The van der Waals surface area contributed by atoms with Gasteiger partial charge in [0, 0.05) is 17.7 Å². The second-order valence-corrected chi connectivity index (χ2v) is 7.51. The fourth-order valence-electron chi connectivity index (χ4n) is 3.21. The molecule has 6 nitrogen and oxygen atoms in total. The van der Waals surface area contributed by atoms with E-state index in [0.717, 1.165) is 29.2 Å². The Morgan fingerprint density at radius 1 is 1.11 bits per heavy atom. The van der Waals surface area contributed by atoms with Crippen molar-refractivity contribution in [2.24, 2.45) is 0 Å². The third kappa shape index (κ3) is 5.35. The van der Waals surface area contributed by atoms with Crippen LogP contribution in [0.5, 0.6) is 11.5 Å². The van der Waals surface area contributed by atoms with Crippen LogP contribution in [0.15, 0.2) is 35.4 Å². The van der Waals surface area contributed by atoms with Gasteiger partial charge in [0.15, 0.2) is 0 Å². The SMILES string of the molecule is COc1ccc(-c2ccc(SCC(=O)NC3CCCCC3)nn2)c(OC)c1. The van der Waals surface area contributed by atoms with Gasteiger partial charge >= 0.3 is 0 Å². The van der Waals surface area contributed by atoms with E-state index in [9.17, 15) is 4.79 Å². The second kappa shape index (κ2) is 9.60. The topological polar surface area (TPSA) is 73.3 Å². The van der Waals surface area contributed by atoms with Crippen molar-refractivity contribution in [3.8, 4) is 22.8 Å². The Morgan fingerprint density at radius 3 is 2.59 bits per heavy atom. The highest BCUT2D eigenvalue weighted by atomic mass is 32.2. The Morgan fingerprint density at radius 2 is 1.93 bits per heavy atom. The normalized spacial score (nSPS) is 14.6. The first-order chi connectivity index (χ1) is 13.2. The molecule has 0 radical (unpaired) electrons. The van der Waals surface area contributed by atoms with E-state index >= 15 is 0 Å². The van der Waals surface area contributed by atoms with E-state index in [-0.39, 0.29) is 5.91 Å². The Kier molecular flexibility index (Phi) is 6.92. The fourth-order valence-corrected chi connectivity index (χ4v) is 3.83. The molecule has 1 aliphatic rings. The van der Waals surface area contributed by atoms with Crippen LogP contribution in [0, 0.1) is 0 Å². The van der Waals surface area contributed by atoms with Gasteiger partial charge in [-0.3, -0.25) is 4.79 Å². The van der Waals surface area contributed by atoms with E-state index in [0.29, 0.717) is 23.2 Å². The van der Waals surface area contributed by atoms with Gasteiger partial charge in [0.05, 0.1) is 25.7 Å². The van der Waals surface area contributed by atoms with Gasteiger partial charge in [-0.05, 0) is 37.1 Å². The average molecular weight is 388 g/mol. The van der Waals surface area contributed by atoms with Crippen LogP contribution >= 0.6 is 11.8 Å². The maximum atomic E-state index is 12.1. The molecule has 1 aromatic carbocycles. The summed E-state index contributed by atoms with van der Waals surface area (Å²) in [6.45, 7) is 0. The van der Waals surface area contributed by atoms with Crippen molar-refractivity contribution < 1.29 is 14.3 Å². The highest BCUT2D eigenvalue weighted by Crippen LogP contribution is 2.32. The Labute approximate surface area is 164 Å². The molecule has 1 aromatic heterocycles. The van der Waals surface area contributed by atoms with Crippen LogP contribution in [0.2, 0.25) is 0 Å². The minimum atomic E-state index is 0.0644. The Hall–Kier alpha value is -2.28. The van der Waals surface area contributed by atoms with E-state index in [1.165, 1.54) is 31.0 Å². The molecule has 7 heteroatoms. The quantitative estimate of drug-likeness (QED) is 0.730. The molecule has 1 heterocycles. The van der Waals surface area contributed by atoms with Gasteiger partial charge in [-0.1, -0.05) is 31.0 Å². The van der Waals surface area contributed by atoms with Crippen molar-refractivity contribution in [2.75, 3.05) is 20.0 Å². The number of nitrogens with one attached hydrogen (secondary N) is 1. The van der Waals surface area contributed by atoms with Gasteiger partial charge in [0.25, 0.3) is 0 Å². The lowest BCUT2D eigenvalue weighted by atomic mass is 9.95. The molecule has 0 aliphatic heterocycles. The van der Waals surface area contributed by atoms with Crippen LogP contribution in [0.3, 0.4) is 0 Å². The van der Waals surface area contributed by atoms with E-state index in [4.69, 9.17) is 9.47 Å². The van der Waals surface area contributed by atoms with Crippen LogP contribution in [0.1, 0.15) is 32.1 Å². The van der Waals surface area contributed by atoms with Crippen molar-refractivity contribution in [2.45, 2.75) is 43.2 Å². The molecule has 0 saturated heterocycles. The molecule has 1 aliphatic carbocycles. The summed E-state index contributed by atoms with van der Waals surface area (Å²) in [5, 5.41) is 12.4. The number of carbonyl (C=O) groups is 1. The number of carbonyl (C=O) groups excluding carboxylic acids is 1. The average Bonchev–Trinajstić information content (AvgIpc) is 2.73. The molecule has 1 amide bonds. The van der Waals surface area contributed by atoms with Crippen molar-refractivity contribution >= 4 is 17.7 Å². The third-order valence-corrected chi connectivity index (χ3v) is 5.57. The minimum Gasteiger partial charge on any atom is -0.497 e. The number of hydrogen-bond acceptors (Lipinski definition) is 6. The third-order valence-electron chi connectivity index (χ3n) is 4.65. The van der Waals surface area contributed by atoms with Crippen LogP contribution in [0.4, 0.5) is 0 Å². The smallest absolute Gasteiger partial charge is 0.230 e. The van der Waals surface area contributed by atoms with Gasteiger partial charge in [0.2, 0.25) is 5.91 Å². The van der Waals surface area contributed by atoms with E-state index in [1.807, 2.05) is 30.3 Å². The number of methoxy groups -OCH3 is 2. The molecule has 3 rings (SSSR count). The fraction of sp³-hybridized carbons (Fsp3) is 0.450. The standard InChI is InChI=1S/C20H25N3O3S/c1-25-15-8-9-16(18(12-15)26-2)17-10-11-20(23-22-17)27-13-19(24)21-14-6-4-3-5-7-14/h8-12,14H,3-7,13H2,1-2H3,(H,21,24). The summed E-state index contributed by atoms with van der Waals surface area (Å²) >= 11 is 1.40. The number of benzene rings is 1. The van der Waals surface area contributed by atoms with E-state index in [1.54, 1.807) is 14.2 Å². The van der Waals surface area contributed by atoms with Gasteiger partial charge < -0.3 is 14.8 Å².